The predicted molar refractivity (Wildman–Crippen MR) is 114 cm³/mol. The van der Waals surface area contributed by atoms with E-state index in [-0.39, 0.29) is 11.5 Å². The molecule has 164 valence electrons. The summed E-state index contributed by atoms with van der Waals surface area (Å²) in [6.45, 7) is 10.0. The van der Waals surface area contributed by atoms with Gasteiger partial charge in [0.05, 0.1) is 11.5 Å². The van der Waals surface area contributed by atoms with Crippen LogP contribution in [0, 0.1) is 51.2 Å². The van der Waals surface area contributed by atoms with Crippen LogP contribution in [-0.2, 0) is 4.79 Å². The van der Waals surface area contributed by atoms with E-state index in [1.54, 1.807) is 0 Å². The Balaban J connectivity index is 1.52. The van der Waals surface area contributed by atoms with Gasteiger partial charge < -0.3 is 10.2 Å². The SMILES string of the molecule is CC1C(O)CCC2(C)C1CCC1(C)C2CCC2C3CCCC3(C(=O)O)CCC21C. The molecule has 5 saturated carbocycles. The van der Waals surface area contributed by atoms with Gasteiger partial charge in [-0.05, 0) is 110 Å². The van der Waals surface area contributed by atoms with Crippen LogP contribution >= 0.6 is 0 Å². The highest BCUT2D eigenvalue weighted by Gasteiger charge is 2.69. The minimum Gasteiger partial charge on any atom is -0.481 e. The van der Waals surface area contributed by atoms with Crippen molar-refractivity contribution in [3.8, 4) is 0 Å². The molecule has 3 heteroatoms. The second kappa shape index (κ2) is 6.24. The van der Waals surface area contributed by atoms with Crippen LogP contribution in [0.4, 0.5) is 0 Å². The number of hydrogen-bond acceptors (Lipinski definition) is 2. The van der Waals surface area contributed by atoms with E-state index in [4.69, 9.17) is 0 Å². The molecule has 5 rings (SSSR count). The Kier molecular flexibility index (Phi) is 4.37. The van der Waals surface area contributed by atoms with Gasteiger partial charge >= 0.3 is 5.97 Å². The quantitative estimate of drug-likeness (QED) is 0.574. The molecule has 0 aromatic heterocycles. The summed E-state index contributed by atoms with van der Waals surface area (Å²) in [5.41, 5.74) is 0.516. The summed E-state index contributed by atoms with van der Waals surface area (Å²) in [5, 5.41) is 20.8. The van der Waals surface area contributed by atoms with Crippen molar-refractivity contribution in [1.82, 2.24) is 0 Å². The lowest BCUT2D eigenvalue weighted by Crippen LogP contribution is -2.65. The molecule has 5 fully saturated rings. The first-order valence-electron chi connectivity index (χ1n) is 12.5. The van der Waals surface area contributed by atoms with Gasteiger partial charge in [0.1, 0.15) is 0 Å². The Labute approximate surface area is 177 Å². The average Bonchev–Trinajstić information content (AvgIpc) is 3.11. The molecule has 0 bridgehead atoms. The van der Waals surface area contributed by atoms with Crippen molar-refractivity contribution in [2.24, 2.45) is 51.2 Å². The molecule has 0 aliphatic heterocycles. The van der Waals surface area contributed by atoms with Gasteiger partial charge in [-0.2, -0.15) is 0 Å². The number of aliphatic hydroxyl groups is 1. The predicted octanol–water partition coefficient (Wildman–Crippen LogP) is 5.90. The number of fused-ring (bicyclic) bond motifs is 7. The molecule has 10 unspecified atom stereocenters. The van der Waals surface area contributed by atoms with Crippen LogP contribution in [0.3, 0.4) is 0 Å². The van der Waals surface area contributed by atoms with E-state index in [0.29, 0.717) is 34.5 Å². The average molecular weight is 403 g/mol. The molecule has 0 aromatic carbocycles. The van der Waals surface area contributed by atoms with Crippen molar-refractivity contribution >= 4 is 5.97 Å². The van der Waals surface area contributed by atoms with Gasteiger partial charge in [-0.1, -0.05) is 34.1 Å². The van der Waals surface area contributed by atoms with Crippen LogP contribution < -0.4 is 0 Å². The third-order valence-corrected chi connectivity index (χ3v) is 12.3. The molecular weight excluding hydrogens is 360 g/mol. The van der Waals surface area contributed by atoms with Gasteiger partial charge in [0.15, 0.2) is 0 Å². The van der Waals surface area contributed by atoms with Crippen molar-refractivity contribution in [3.05, 3.63) is 0 Å². The zero-order valence-electron chi connectivity index (χ0n) is 19.0. The number of aliphatic hydroxyl groups excluding tert-OH is 1. The zero-order chi connectivity index (χ0) is 20.8. The number of carbonyl (C=O) groups is 1. The van der Waals surface area contributed by atoms with Gasteiger partial charge in [-0.15, -0.1) is 0 Å². The van der Waals surface area contributed by atoms with Crippen LogP contribution in [0.2, 0.25) is 0 Å². The van der Waals surface area contributed by atoms with Gasteiger partial charge in [-0.25, -0.2) is 0 Å². The first kappa shape index (κ1) is 20.3. The maximum Gasteiger partial charge on any atom is 0.309 e. The molecule has 0 radical (unpaired) electrons. The molecule has 2 N–H and O–H groups in total. The first-order chi connectivity index (χ1) is 13.6. The number of carboxylic acids is 1. The lowest BCUT2D eigenvalue weighted by atomic mass is 9.33. The highest BCUT2D eigenvalue weighted by atomic mass is 16.4. The number of hydrogen-bond donors (Lipinski definition) is 2. The van der Waals surface area contributed by atoms with Gasteiger partial charge in [0.25, 0.3) is 0 Å². The summed E-state index contributed by atoms with van der Waals surface area (Å²) in [7, 11) is 0. The maximum absolute atomic E-state index is 12.4. The fraction of sp³-hybridized carbons (Fsp3) is 0.962. The second-order valence-electron chi connectivity index (χ2n) is 12.6. The van der Waals surface area contributed by atoms with Crippen LogP contribution in [0.15, 0.2) is 0 Å². The van der Waals surface area contributed by atoms with Crippen molar-refractivity contribution in [2.75, 3.05) is 0 Å². The van der Waals surface area contributed by atoms with Crippen molar-refractivity contribution in [3.63, 3.8) is 0 Å². The first-order valence-corrected chi connectivity index (χ1v) is 12.5. The normalized spacial score (nSPS) is 59.2. The van der Waals surface area contributed by atoms with Crippen LogP contribution in [-0.4, -0.2) is 22.3 Å². The molecule has 0 heterocycles. The minimum absolute atomic E-state index is 0.117. The molecule has 0 saturated heterocycles. The zero-order valence-corrected chi connectivity index (χ0v) is 19.0. The monoisotopic (exact) mass is 402 g/mol. The third-order valence-electron chi connectivity index (χ3n) is 12.3. The van der Waals surface area contributed by atoms with E-state index in [9.17, 15) is 15.0 Å². The topological polar surface area (TPSA) is 57.5 Å². The Hall–Kier alpha value is -0.570. The molecule has 29 heavy (non-hydrogen) atoms. The van der Waals surface area contributed by atoms with Crippen LogP contribution in [0.25, 0.3) is 0 Å². The number of rotatable bonds is 1. The van der Waals surface area contributed by atoms with E-state index in [2.05, 4.69) is 27.7 Å². The van der Waals surface area contributed by atoms with E-state index in [1.807, 2.05) is 0 Å². The summed E-state index contributed by atoms with van der Waals surface area (Å²) in [6, 6.07) is 0. The van der Waals surface area contributed by atoms with Gasteiger partial charge in [-0.3, -0.25) is 4.79 Å². The Morgan fingerprint density at radius 2 is 1.55 bits per heavy atom. The van der Waals surface area contributed by atoms with E-state index in [1.165, 1.54) is 32.1 Å². The van der Waals surface area contributed by atoms with Gasteiger partial charge in [0.2, 0.25) is 0 Å². The summed E-state index contributed by atoms with van der Waals surface area (Å²) >= 11 is 0. The second-order valence-corrected chi connectivity index (χ2v) is 12.6. The smallest absolute Gasteiger partial charge is 0.309 e. The molecule has 10 atom stereocenters. The minimum atomic E-state index is -0.500. The van der Waals surface area contributed by atoms with E-state index >= 15 is 0 Å². The van der Waals surface area contributed by atoms with E-state index in [0.717, 1.165) is 44.4 Å². The number of carboxylic acid groups (broad SMARTS) is 1. The molecular formula is C26H42O3. The standard InChI is InChI=1S/C26H42O3/c1-16-17-9-13-25(4)21(23(17,2)12-10-20(16)27)8-7-18-19-6-5-11-26(19,22(28)29)15-14-24(18,25)3/h16-21,27H,5-15H2,1-4H3,(H,28,29). The van der Waals surface area contributed by atoms with Gasteiger partial charge in [0, 0.05) is 0 Å². The fourth-order valence-corrected chi connectivity index (χ4v) is 10.5. The van der Waals surface area contributed by atoms with Crippen molar-refractivity contribution < 1.29 is 15.0 Å². The Morgan fingerprint density at radius 3 is 2.28 bits per heavy atom. The highest BCUT2D eigenvalue weighted by Crippen LogP contribution is 2.75. The van der Waals surface area contributed by atoms with Crippen molar-refractivity contribution in [1.29, 1.82) is 0 Å². The molecule has 3 nitrogen and oxygen atoms in total. The summed E-state index contributed by atoms with van der Waals surface area (Å²) in [6.07, 6.45) is 12.2. The molecule has 0 amide bonds. The van der Waals surface area contributed by atoms with E-state index < -0.39 is 11.4 Å². The Morgan fingerprint density at radius 1 is 0.793 bits per heavy atom. The lowest BCUT2D eigenvalue weighted by molar-refractivity contribution is -0.234. The summed E-state index contributed by atoms with van der Waals surface area (Å²) < 4.78 is 0. The van der Waals surface area contributed by atoms with Crippen molar-refractivity contribution in [2.45, 2.75) is 104 Å². The molecule has 5 aliphatic rings. The molecule has 0 spiro atoms. The Bertz CT molecular complexity index is 704. The van der Waals surface area contributed by atoms with Crippen LogP contribution in [0.1, 0.15) is 98.3 Å². The number of aliphatic carboxylic acids is 1. The molecule has 5 aliphatic carbocycles. The summed E-state index contributed by atoms with van der Waals surface area (Å²) in [5.74, 6) is 2.28. The third kappa shape index (κ3) is 2.32. The van der Waals surface area contributed by atoms with Crippen LogP contribution in [0.5, 0.6) is 0 Å². The highest BCUT2D eigenvalue weighted by molar-refractivity contribution is 5.76. The largest absolute Gasteiger partial charge is 0.481 e. The maximum atomic E-state index is 12.4. The lowest BCUT2D eigenvalue weighted by Gasteiger charge is -2.71. The molecule has 0 aromatic rings. The fourth-order valence-electron chi connectivity index (χ4n) is 10.5. The summed E-state index contributed by atoms with van der Waals surface area (Å²) in [4.78, 5) is 12.4.